The second-order valence-corrected chi connectivity index (χ2v) is 5.02. The Labute approximate surface area is 115 Å². The van der Waals surface area contributed by atoms with Crippen LogP contribution in [0.15, 0.2) is 18.2 Å². The first-order valence-corrected chi connectivity index (χ1v) is 6.63. The van der Waals surface area contributed by atoms with Crippen molar-refractivity contribution < 1.29 is 9.13 Å². The van der Waals surface area contributed by atoms with Crippen LogP contribution in [0.2, 0.25) is 0 Å². The van der Waals surface area contributed by atoms with E-state index in [0.29, 0.717) is 30.2 Å². The topological polar surface area (TPSA) is 78.9 Å². The Morgan fingerprint density at radius 2 is 2.20 bits per heavy atom. The highest BCUT2D eigenvalue weighted by atomic mass is 19.1. The summed E-state index contributed by atoms with van der Waals surface area (Å²) in [6, 6.07) is 4.27. The van der Waals surface area contributed by atoms with Crippen LogP contribution in [0.4, 0.5) is 10.1 Å². The summed E-state index contributed by atoms with van der Waals surface area (Å²) in [5.74, 6) is 0.817. The lowest BCUT2D eigenvalue weighted by Crippen LogP contribution is -2.10. The summed E-state index contributed by atoms with van der Waals surface area (Å²) in [5.41, 5.74) is 6.55. The molecule has 6 nitrogen and oxygen atoms in total. The summed E-state index contributed by atoms with van der Waals surface area (Å²) in [6.07, 6.45) is 2.53. The van der Waals surface area contributed by atoms with Crippen molar-refractivity contribution in [3.8, 4) is 11.4 Å². The molecule has 0 atom stereocenters. The van der Waals surface area contributed by atoms with Crippen molar-refractivity contribution in [3.63, 3.8) is 0 Å². The molecular weight excluding hydrogens is 261 g/mol. The zero-order valence-electron chi connectivity index (χ0n) is 11.0. The smallest absolute Gasteiger partial charge is 0.182 e. The summed E-state index contributed by atoms with van der Waals surface area (Å²) in [4.78, 5) is 0. The maximum absolute atomic E-state index is 13.4. The first kappa shape index (κ1) is 13.0. The van der Waals surface area contributed by atoms with Gasteiger partial charge >= 0.3 is 0 Å². The van der Waals surface area contributed by atoms with E-state index in [1.807, 2.05) is 0 Å². The van der Waals surface area contributed by atoms with Gasteiger partial charge in [0.2, 0.25) is 0 Å². The number of benzene rings is 1. The van der Waals surface area contributed by atoms with Crippen LogP contribution < -0.4 is 5.73 Å². The van der Waals surface area contributed by atoms with Gasteiger partial charge in [0.05, 0.1) is 13.2 Å². The molecule has 0 aliphatic heterocycles. The van der Waals surface area contributed by atoms with Crippen LogP contribution in [0.1, 0.15) is 12.8 Å². The van der Waals surface area contributed by atoms with Crippen LogP contribution in [-0.4, -0.2) is 33.4 Å². The summed E-state index contributed by atoms with van der Waals surface area (Å²) in [7, 11) is 0. The Bertz CT molecular complexity index is 576. The Balaban J connectivity index is 1.68. The van der Waals surface area contributed by atoms with Gasteiger partial charge in [0, 0.05) is 17.9 Å². The Morgan fingerprint density at radius 3 is 2.95 bits per heavy atom. The minimum absolute atomic E-state index is 0.347. The number of nitrogen functional groups attached to an aromatic ring is 1. The number of ether oxygens (including phenoxy) is 1. The molecule has 0 unspecified atom stereocenters. The number of aromatic nitrogens is 4. The maximum Gasteiger partial charge on any atom is 0.182 e. The van der Waals surface area contributed by atoms with Crippen LogP contribution >= 0.6 is 0 Å². The van der Waals surface area contributed by atoms with Gasteiger partial charge in [-0.05, 0) is 47.4 Å². The van der Waals surface area contributed by atoms with E-state index in [2.05, 4.69) is 15.5 Å². The predicted octanol–water partition coefficient (Wildman–Crippen LogP) is 1.49. The van der Waals surface area contributed by atoms with E-state index in [9.17, 15) is 4.39 Å². The highest BCUT2D eigenvalue weighted by Gasteiger charge is 2.21. The number of anilines is 1. The summed E-state index contributed by atoms with van der Waals surface area (Å²) in [5, 5.41) is 11.4. The molecule has 1 aliphatic carbocycles. The molecule has 0 bridgehead atoms. The molecule has 0 spiro atoms. The fourth-order valence-corrected chi connectivity index (χ4v) is 1.99. The first-order chi connectivity index (χ1) is 9.72. The van der Waals surface area contributed by atoms with E-state index in [1.54, 1.807) is 10.7 Å². The van der Waals surface area contributed by atoms with Crippen molar-refractivity contribution in [3.05, 3.63) is 24.0 Å². The molecule has 7 heteroatoms. The molecule has 1 aromatic heterocycles. The number of halogens is 1. The van der Waals surface area contributed by atoms with Crippen LogP contribution in [0.25, 0.3) is 11.4 Å². The fourth-order valence-electron chi connectivity index (χ4n) is 1.99. The van der Waals surface area contributed by atoms with Gasteiger partial charge in [0.1, 0.15) is 5.82 Å². The number of hydrogen-bond acceptors (Lipinski definition) is 5. The number of nitrogens with zero attached hydrogens (tertiary/aromatic N) is 4. The van der Waals surface area contributed by atoms with Gasteiger partial charge in [-0.15, -0.1) is 5.10 Å². The molecule has 2 aromatic rings. The fraction of sp³-hybridized carbons (Fsp3) is 0.462. The Kier molecular flexibility index (Phi) is 3.60. The van der Waals surface area contributed by atoms with Crippen molar-refractivity contribution in [2.24, 2.45) is 5.92 Å². The third-order valence-electron chi connectivity index (χ3n) is 3.21. The second kappa shape index (κ2) is 5.54. The van der Waals surface area contributed by atoms with Crippen molar-refractivity contribution in [2.45, 2.75) is 19.4 Å². The van der Waals surface area contributed by atoms with Gasteiger partial charge in [-0.25, -0.2) is 9.07 Å². The molecule has 3 rings (SSSR count). The Hall–Kier alpha value is -2.02. The summed E-state index contributed by atoms with van der Waals surface area (Å²) < 4.78 is 20.5. The first-order valence-electron chi connectivity index (χ1n) is 6.63. The second-order valence-electron chi connectivity index (χ2n) is 5.02. The van der Waals surface area contributed by atoms with Gasteiger partial charge in [-0.3, -0.25) is 0 Å². The van der Waals surface area contributed by atoms with E-state index in [4.69, 9.17) is 10.5 Å². The van der Waals surface area contributed by atoms with Crippen LogP contribution in [0.5, 0.6) is 0 Å². The van der Waals surface area contributed by atoms with Crippen molar-refractivity contribution in [2.75, 3.05) is 18.9 Å². The molecule has 106 valence electrons. The molecule has 1 saturated carbocycles. The van der Waals surface area contributed by atoms with Crippen LogP contribution in [0, 0.1) is 11.7 Å². The molecule has 0 amide bonds. The average Bonchev–Trinajstić information content (AvgIpc) is 3.10. The normalized spacial score (nSPS) is 14.7. The van der Waals surface area contributed by atoms with Gasteiger partial charge in [-0.2, -0.15) is 0 Å². The van der Waals surface area contributed by atoms with Crippen molar-refractivity contribution in [1.82, 2.24) is 20.2 Å². The van der Waals surface area contributed by atoms with E-state index < -0.39 is 5.82 Å². The standard InChI is InChI=1S/C13H16FN5O/c14-11-5-10(6-12(15)7-11)13-16-17-18-19(13)3-4-20-8-9-1-2-9/h5-7,9H,1-4,8,15H2. The van der Waals surface area contributed by atoms with Gasteiger partial charge < -0.3 is 10.5 Å². The lowest BCUT2D eigenvalue weighted by Gasteiger charge is -2.06. The van der Waals surface area contributed by atoms with E-state index in [0.717, 1.165) is 12.5 Å². The molecule has 1 heterocycles. The molecule has 1 fully saturated rings. The van der Waals surface area contributed by atoms with E-state index in [-0.39, 0.29) is 0 Å². The van der Waals surface area contributed by atoms with Gasteiger partial charge in [0.15, 0.2) is 5.82 Å². The number of rotatable bonds is 6. The molecule has 1 aliphatic rings. The highest BCUT2D eigenvalue weighted by Crippen LogP contribution is 2.28. The average molecular weight is 277 g/mol. The zero-order valence-corrected chi connectivity index (χ0v) is 11.0. The van der Waals surface area contributed by atoms with Crippen molar-refractivity contribution in [1.29, 1.82) is 0 Å². The Morgan fingerprint density at radius 1 is 1.35 bits per heavy atom. The monoisotopic (exact) mass is 277 g/mol. The molecular formula is C13H16FN5O. The molecule has 1 aromatic carbocycles. The summed E-state index contributed by atoms with van der Waals surface area (Å²) >= 11 is 0. The lowest BCUT2D eigenvalue weighted by molar-refractivity contribution is 0.114. The molecule has 0 radical (unpaired) electrons. The minimum Gasteiger partial charge on any atom is -0.399 e. The third kappa shape index (κ3) is 3.11. The highest BCUT2D eigenvalue weighted by molar-refractivity contribution is 5.61. The predicted molar refractivity (Wildman–Crippen MR) is 71.2 cm³/mol. The third-order valence-corrected chi connectivity index (χ3v) is 3.21. The van der Waals surface area contributed by atoms with Crippen LogP contribution in [0.3, 0.4) is 0 Å². The molecule has 0 saturated heterocycles. The van der Waals surface area contributed by atoms with Gasteiger partial charge in [0.25, 0.3) is 0 Å². The number of tetrazole rings is 1. The molecule has 2 N–H and O–H groups in total. The minimum atomic E-state index is -0.403. The van der Waals surface area contributed by atoms with Gasteiger partial charge in [-0.1, -0.05) is 0 Å². The van der Waals surface area contributed by atoms with E-state index in [1.165, 1.54) is 25.0 Å². The largest absolute Gasteiger partial charge is 0.399 e. The maximum atomic E-state index is 13.4. The van der Waals surface area contributed by atoms with E-state index >= 15 is 0 Å². The van der Waals surface area contributed by atoms with Crippen LogP contribution in [-0.2, 0) is 11.3 Å². The molecule has 20 heavy (non-hydrogen) atoms. The SMILES string of the molecule is Nc1cc(F)cc(-c2nnnn2CCOCC2CC2)c1. The lowest BCUT2D eigenvalue weighted by atomic mass is 10.2. The summed E-state index contributed by atoms with van der Waals surface area (Å²) in [6.45, 7) is 1.87. The number of nitrogens with two attached hydrogens (primary N) is 1. The quantitative estimate of drug-likeness (QED) is 0.639. The van der Waals surface area contributed by atoms with Crippen molar-refractivity contribution >= 4 is 5.69 Å². The number of hydrogen-bond donors (Lipinski definition) is 1. The zero-order chi connectivity index (χ0) is 13.9.